The third-order valence-corrected chi connectivity index (χ3v) is 5.64. The Balaban J connectivity index is 4.12. The highest BCUT2D eigenvalue weighted by atomic mass is 32.2. The van der Waals surface area contributed by atoms with E-state index in [0.29, 0.717) is 5.08 Å². The van der Waals surface area contributed by atoms with E-state index in [1.807, 2.05) is 34.6 Å². The Labute approximate surface area is 80.0 Å². The third kappa shape index (κ3) is 4.36. The van der Waals surface area contributed by atoms with Crippen LogP contribution in [0.4, 0.5) is 0 Å². The molecule has 2 atom stereocenters. The molecule has 0 aliphatic rings. The van der Waals surface area contributed by atoms with Gasteiger partial charge in [0.25, 0.3) is 0 Å². The lowest BCUT2D eigenvalue weighted by atomic mass is 10.3. The number of hydrogen-bond donors (Lipinski definition) is 0. The molecule has 0 spiro atoms. The first-order chi connectivity index (χ1) is 5.25. The molecule has 12 heavy (non-hydrogen) atoms. The Bertz CT molecular complexity index is 192. The van der Waals surface area contributed by atoms with Gasteiger partial charge in [-0.05, 0) is 20.8 Å². The Morgan fingerprint density at radius 3 is 1.83 bits per heavy atom. The van der Waals surface area contributed by atoms with E-state index in [4.69, 9.17) is 0 Å². The van der Waals surface area contributed by atoms with Gasteiger partial charge in [-0.3, -0.25) is 8.42 Å². The van der Waals surface area contributed by atoms with E-state index in [2.05, 4.69) is 0 Å². The Hall–Kier alpha value is 0.300. The van der Waals surface area contributed by atoms with Crippen LogP contribution in [0.1, 0.15) is 34.6 Å². The van der Waals surface area contributed by atoms with Crippen molar-refractivity contribution in [2.45, 2.75) is 44.6 Å². The summed E-state index contributed by atoms with van der Waals surface area (Å²) < 4.78 is 22.6. The van der Waals surface area contributed by atoms with Gasteiger partial charge in [0.2, 0.25) is 0 Å². The van der Waals surface area contributed by atoms with Crippen molar-refractivity contribution in [2.24, 2.45) is 0 Å². The van der Waals surface area contributed by atoms with E-state index < -0.39 is 21.6 Å². The van der Waals surface area contributed by atoms with Gasteiger partial charge in [-0.15, -0.1) is 0 Å². The van der Waals surface area contributed by atoms with Crippen molar-refractivity contribution in [3.8, 4) is 0 Å². The first-order valence-corrected chi connectivity index (χ1v) is 6.71. The van der Waals surface area contributed by atoms with Crippen molar-refractivity contribution in [1.29, 1.82) is 0 Å². The molecule has 4 heteroatoms. The molecule has 0 amide bonds. The molecule has 0 aliphatic heterocycles. The standard InChI is InChI=1S/C8H18O2S2/c1-7(2)11(9)6-12(10)8(3,4)5/h7H,6H2,1-5H3. The average molecular weight is 210 g/mol. The minimum atomic E-state index is -0.988. The molecule has 0 heterocycles. The van der Waals surface area contributed by atoms with Crippen molar-refractivity contribution in [1.82, 2.24) is 0 Å². The summed E-state index contributed by atoms with van der Waals surface area (Å²) in [6.45, 7) is 9.48. The lowest BCUT2D eigenvalue weighted by Gasteiger charge is -2.17. The molecule has 0 aliphatic carbocycles. The van der Waals surface area contributed by atoms with Crippen LogP contribution in [0.5, 0.6) is 0 Å². The highest BCUT2D eigenvalue weighted by Crippen LogP contribution is 2.13. The molecule has 2 nitrogen and oxygen atoms in total. The second kappa shape index (κ2) is 4.51. The summed E-state index contributed by atoms with van der Waals surface area (Å²) in [6, 6.07) is 0. The van der Waals surface area contributed by atoms with E-state index >= 15 is 0 Å². The van der Waals surface area contributed by atoms with Gasteiger partial charge >= 0.3 is 0 Å². The summed E-state index contributed by atoms with van der Waals surface area (Å²) in [7, 11) is -1.94. The van der Waals surface area contributed by atoms with Gasteiger partial charge in [-0.1, -0.05) is 13.8 Å². The topological polar surface area (TPSA) is 34.1 Å². The lowest BCUT2D eigenvalue weighted by Crippen LogP contribution is -2.27. The van der Waals surface area contributed by atoms with Crippen LogP contribution in [0.2, 0.25) is 0 Å². The van der Waals surface area contributed by atoms with Crippen LogP contribution in [0, 0.1) is 0 Å². The summed E-state index contributed by atoms with van der Waals surface area (Å²) >= 11 is 0. The molecular weight excluding hydrogens is 192 g/mol. The zero-order valence-electron chi connectivity index (χ0n) is 8.42. The van der Waals surface area contributed by atoms with Gasteiger partial charge in [0.05, 0.1) is 5.08 Å². The minimum absolute atomic E-state index is 0.108. The Morgan fingerprint density at radius 1 is 1.17 bits per heavy atom. The fourth-order valence-corrected chi connectivity index (χ4v) is 3.77. The second-order valence-electron chi connectivity index (χ2n) is 4.01. The predicted octanol–water partition coefficient (Wildman–Crippen LogP) is 1.65. The van der Waals surface area contributed by atoms with Crippen molar-refractivity contribution < 1.29 is 8.42 Å². The second-order valence-corrected chi connectivity index (χ2v) is 8.57. The molecule has 0 bridgehead atoms. The molecular formula is C8H18O2S2. The molecule has 2 unspecified atom stereocenters. The molecule has 0 saturated carbocycles. The van der Waals surface area contributed by atoms with E-state index in [9.17, 15) is 8.42 Å². The fourth-order valence-electron chi connectivity index (χ4n) is 0.418. The maximum Gasteiger partial charge on any atom is 0.0999 e. The smallest absolute Gasteiger partial charge is 0.0999 e. The molecule has 0 aromatic rings. The normalized spacial score (nSPS) is 17.8. The molecule has 0 aromatic carbocycles. The van der Waals surface area contributed by atoms with E-state index in [0.717, 1.165) is 0 Å². The zero-order chi connectivity index (χ0) is 9.94. The number of rotatable bonds is 3. The van der Waals surface area contributed by atoms with Crippen LogP contribution in [0.25, 0.3) is 0 Å². The van der Waals surface area contributed by atoms with Gasteiger partial charge in [0.1, 0.15) is 0 Å². The van der Waals surface area contributed by atoms with Crippen LogP contribution in [0.15, 0.2) is 0 Å². The first-order valence-electron chi connectivity index (χ1n) is 4.01. The zero-order valence-corrected chi connectivity index (χ0v) is 10.1. The SMILES string of the molecule is CC(C)S(=O)CS(=O)C(C)(C)C. The molecule has 0 N–H and O–H groups in total. The lowest BCUT2D eigenvalue weighted by molar-refractivity contribution is 0.650. The largest absolute Gasteiger partial charge is 0.258 e. The highest BCUT2D eigenvalue weighted by molar-refractivity contribution is 8.02. The van der Waals surface area contributed by atoms with Crippen LogP contribution < -0.4 is 0 Å². The molecule has 0 fully saturated rings. The summed E-state index contributed by atoms with van der Waals surface area (Å²) in [5.41, 5.74) is 0. The van der Waals surface area contributed by atoms with Crippen molar-refractivity contribution in [2.75, 3.05) is 5.08 Å². The Kier molecular flexibility index (Phi) is 4.62. The van der Waals surface area contributed by atoms with Crippen molar-refractivity contribution >= 4 is 21.6 Å². The summed E-state index contributed by atoms with van der Waals surface area (Å²) in [6.07, 6.45) is 0. The van der Waals surface area contributed by atoms with Crippen molar-refractivity contribution in [3.05, 3.63) is 0 Å². The maximum absolute atomic E-state index is 11.5. The molecule has 0 radical (unpaired) electrons. The van der Waals surface area contributed by atoms with Gasteiger partial charge < -0.3 is 0 Å². The van der Waals surface area contributed by atoms with Gasteiger partial charge in [-0.2, -0.15) is 0 Å². The average Bonchev–Trinajstić information content (AvgIpc) is 1.85. The molecule has 0 saturated heterocycles. The van der Waals surface area contributed by atoms with E-state index in [1.165, 1.54) is 0 Å². The summed E-state index contributed by atoms with van der Waals surface area (Å²) in [5.74, 6) is 0. The van der Waals surface area contributed by atoms with Gasteiger partial charge in [-0.25, -0.2) is 0 Å². The summed E-state index contributed by atoms with van der Waals surface area (Å²) in [5, 5.41) is 0.414. The first kappa shape index (κ1) is 12.3. The van der Waals surface area contributed by atoms with Crippen molar-refractivity contribution in [3.63, 3.8) is 0 Å². The number of hydrogen-bond acceptors (Lipinski definition) is 2. The van der Waals surface area contributed by atoms with Crippen LogP contribution in [-0.2, 0) is 21.6 Å². The quantitative estimate of drug-likeness (QED) is 0.710. The third-order valence-electron chi connectivity index (χ3n) is 1.43. The van der Waals surface area contributed by atoms with Crippen LogP contribution in [-0.4, -0.2) is 23.5 Å². The fraction of sp³-hybridized carbons (Fsp3) is 1.00. The maximum atomic E-state index is 11.5. The molecule has 0 rings (SSSR count). The monoisotopic (exact) mass is 210 g/mol. The summed E-state index contributed by atoms with van der Waals surface area (Å²) in [4.78, 5) is 0. The van der Waals surface area contributed by atoms with E-state index in [-0.39, 0.29) is 10.00 Å². The van der Waals surface area contributed by atoms with Gasteiger partial charge in [0, 0.05) is 31.6 Å². The predicted molar refractivity (Wildman–Crippen MR) is 56.0 cm³/mol. The molecule has 0 aromatic heterocycles. The van der Waals surface area contributed by atoms with Gasteiger partial charge in [0.15, 0.2) is 0 Å². The minimum Gasteiger partial charge on any atom is -0.258 e. The Morgan fingerprint density at radius 2 is 1.58 bits per heavy atom. The van der Waals surface area contributed by atoms with E-state index in [1.54, 1.807) is 0 Å². The molecule has 74 valence electrons. The van der Waals surface area contributed by atoms with Crippen LogP contribution >= 0.6 is 0 Å². The highest BCUT2D eigenvalue weighted by Gasteiger charge is 2.22. The van der Waals surface area contributed by atoms with Crippen LogP contribution in [0.3, 0.4) is 0 Å².